The molecule has 6 nitrogen and oxygen atoms in total. The molecule has 158 valence electrons. The molecule has 0 aromatic heterocycles. The largest absolute Gasteiger partial charge is 0.462 e. The average molecular weight is 475 g/mol. The number of carbonyl (C=O) groups excluding carboxylic acids is 3. The van der Waals surface area contributed by atoms with Crippen molar-refractivity contribution in [2.24, 2.45) is 11.8 Å². The molecule has 1 unspecified atom stereocenters. The monoisotopic (exact) mass is 474 g/mol. The Bertz CT molecular complexity index is 775. The van der Waals surface area contributed by atoms with Crippen LogP contribution in [-0.4, -0.2) is 47.7 Å². The number of hydrogen-bond acceptors (Lipinski definition) is 10. The Hall–Kier alpha value is -0.710. The smallest absolute Gasteiger partial charge is 0.346 e. The molecular formula is C19H22O6S4. The van der Waals surface area contributed by atoms with Crippen molar-refractivity contribution in [1.29, 1.82) is 0 Å². The fraction of sp³-hybridized carbons (Fsp3) is 0.632. The summed E-state index contributed by atoms with van der Waals surface area (Å²) in [5, 5.41) is 0.905. The Morgan fingerprint density at radius 3 is 2.03 bits per heavy atom. The Kier molecular flexibility index (Phi) is 6.53. The van der Waals surface area contributed by atoms with E-state index in [-0.39, 0.29) is 25.3 Å². The first-order chi connectivity index (χ1) is 13.9. The molecule has 5 atom stereocenters. The highest BCUT2D eigenvalue weighted by Crippen LogP contribution is 2.67. The molecule has 29 heavy (non-hydrogen) atoms. The molecule has 2 aliphatic carbocycles. The number of thioether (sulfide) groups is 4. The molecule has 2 heterocycles. The molecule has 4 aliphatic rings. The van der Waals surface area contributed by atoms with Gasteiger partial charge in [-0.2, -0.15) is 0 Å². The molecule has 0 N–H and O–H groups in total. The number of hydrogen-bond donors (Lipinski definition) is 0. The van der Waals surface area contributed by atoms with Crippen LogP contribution in [0.15, 0.2) is 18.3 Å². The highest BCUT2D eigenvalue weighted by Gasteiger charge is 2.58. The van der Waals surface area contributed by atoms with Crippen molar-refractivity contribution in [3.63, 3.8) is 0 Å². The van der Waals surface area contributed by atoms with Crippen LogP contribution in [0.1, 0.15) is 33.6 Å². The molecule has 2 saturated carbocycles. The van der Waals surface area contributed by atoms with Crippen LogP contribution in [0.2, 0.25) is 0 Å². The highest BCUT2D eigenvalue weighted by atomic mass is 32.2. The Labute approximate surface area is 186 Å². The van der Waals surface area contributed by atoms with Gasteiger partial charge in [0.1, 0.15) is 15.9 Å². The molecule has 10 heteroatoms. The van der Waals surface area contributed by atoms with Crippen LogP contribution in [0, 0.1) is 11.8 Å². The van der Waals surface area contributed by atoms with E-state index in [1.165, 1.54) is 30.4 Å². The molecule has 0 amide bonds. The Morgan fingerprint density at radius 1 is 0.897 bits per heavy atom. The van der Waals surface area contributed by atoms with Gasteiger partial charge in [0, 0.05) is 23.3 Å². The second-order valence-corrected chi connectivity index (χ2v) is 12.0. The van der Waals surface area contributed by atoms with E-state index in [0.29, 0.717) is 32.1 Å². The second-order valence-electron chi connectivity index (χ2n) is 7.09. The standard InChI is InChI=1S/C19H22O6S4/c1-4-23-16(21)14-15(17(22)24-5-2)29-19(28-14)18-26-12-9-6-10(13(12)27-18)11(7-9)25-8(3)20/h9-13H,4-7H2,1-3H3/t9-,10+,11?,12-,13+/m1/s1. The third-order valence-corrected chi connectivity index (χ3v) is 11.8. The van der Waals surface area contributed by atoms with Crippen LogP contribution in [-0.2, 0) is 28.6 Å². The van der Waals surface area contributed by atoms with Crippen molar-refractivity contribution >= 4 is 65.0 Å². The maximum absolute atomic E-state index is 12.4. The molecular weight excluding hydrogens is 452 g/mol. The molecule has 2 bridgehead atoms. The normalized spacial score (nSPS) is 32.6. The summed E-state index contributed by atoms with van der Waals surface area (Å²) >= 11 is 6.27. The summed E-state index contributed by atoms with van der Waals surface area (Å²) in [7, 11) is 0. The van der Waals surface area contributed by atoms with Gasteiger partial charge < -0.3 is 14.2 Å². The van der Waals surface area contributed by atoms with E-state index in [0.717, 1.165) is 21.3 Å². The summed E-state index contributed by atoms with van der Waals surface area (Å²) in [4.78, 5) is 36.8. The van der Waals surface area contributed by atoms with E-state index in [1.807, 2.05) is 11.8 Å². The van der Waals surface area contributed by atoms with Gasteiger partial charge in [-0.1, -0.05) is 23.5 Å². The summed E-state index contributed by atoms with van der Waals surface area (Å²) in [5.41, 5.74) is 0. The number of carbonyl (C=O) groups is 3. The molecule has 0 spiro atoms. The van der Waals surface area contributed by atoms with Crippen molar-refractivity contribution in [2.75, 3.05) is 13.2 Å². The lowest BCUT2D eigenvalue weighted by Gasteiger charge is -2.29. The van der Waals surface area contributed by atoms with Gasteiger partial charge in [-0.05, 0) is 32.6 Å². The topological polar surface area (TPSA) is 78.9 Å². The molecule has 0 aromatic rings. The highest BCUT2D eigenvalue weighted by molar-refractivity contribution is 8.33. The van der Waals surface area contributed by atoms with E-state index < -0.39 is 11.9 Å². The number of esters is 3. The van der Waals surface area contributed by atoms with Gasteiger partial charge in [0.15, 0.2) is 0 Å². The van der Waals surface area contributed by atoms with Crippen LogP contribution in [0.25, 0.3) is 0 Å². The molecule has 2 aliphatic heterocycles. The predicted molar refractivity (Wildman–Crippen MR) is 117 cm³/mol. The molecule has 4 rings (SSSR count). The minimum atomic E-state index is -0.480. The third kappa shape index (κ3) is 4.09. The van der Waals surface area contributed by atoms with Gasteiger partial charge in [-0.3, -0.25) is 4.79 Å². The Morgan fingerprint density at radius 2 is 1.48 bits per heavy atom. The van der Waals surface area contributed by atoms with Crippen molar-refractivity contribution in [3.05, 3.63) is 18.3 Å². The third-order valence-electron chi connectivity index (χ3n) is 5.29. The van der Waals surface area contributed by atoms with Crippen molar-refractivity contribution in [1.82, 2.24) is 0 Å². The zero-order chi connectivity index (χ0) is 20.7. The first-order valence-electron chi connectivity index (χ1n) is 9.61. The van der Waals surface area contributed by atoms with Gasteiger partial charge in [0.25, 0.3) is 0 Å². The van der Waals surface area contributed by atoms with Crippen molar-refractivity contribution < 1.29 is 28.6 Å². The number of fused-ring (bicyclic) bond motifs is 5. The summed E-state index contributed by atoms with van der Waals surface area (Å²) in [6, 6.07) is 0. The summed E-state index contributed by atoms with van der Waals surface area (Å²) in [5.74, 6) is -0.248. The Balaban J connectivity index is 1.52. The first-order valence-corrected chi connectivity index (χ1v) is 13.0. The zero-order valence-electron chi connectivity index (χ0n) is 16.3. The first kappa shape index (κ1) is 21.5. The van der Waals surface area contributed by atoms with Crippen LogP contribution < -0.4 is 0 Å². The maximum Gasteiger partial charge on any atom is 0.346 e. The van der Waals surface area contributed by atoms with E-state index in [9.17, 15) is 14.4 Å². The van der Waals surface area contributed by atoms with Gasteiger partial charge in [0.2, 0.25) is 0 Å². The minimum Gasteiger partial charge on any atom is -0.462 e. The van der Waals surface area contributed by atoms with Crippen molar-refractivity contribution in [3.8, 4) is 0 Å². The maximum atomic E-state index is 12.4. The van der Waals surface area contributed by atoms with Crippen LogP contribution in [0.5, 0.6) is 0 Å². The van der Waals surface area contributed by atoms with E-state index in [2.05, 4.69) is 0 Å². The quantitative estimate of drug-likeness (QED) is 0.429. The van der Waals surface area contributed by atoms with Crippen molar-refractivity contribution in [2.45, 2.75) is 50.2 Å². The second kappa shape index (κ2) is 8.80. The lowest BCUT2D eigenvalue weighted by Crippen LogP contribution is -2.35. The minimum absolute atomic E-state index is 0.0170. The average Bonchev–Trinajstić information content (AvgIpc) is 3.41. The van der Waals surface area contributed by atoms with Gasteiger partial charge >= 0.3 is 17.9 Å². The summed E-state index contributed by atoms with van der Waals surface area (Å²) < 4.78 is 17.9. The van der Waals surface area contributed by atoms with Crippen LogP contribution >= 0.6 is 47.0 Å². The lowest BCUT2D eigenvalue weighted by atomic mass is 9.96. The molecule has 0 radical (unpaired) electrons. The number of rotatable bonds is 5. The lowest BCUT2D eigenvalue weighted by molar-refractivity contribution is -0.148. The van der Waals surface area contributed by atoms with Gasteiger partial charge in [0.05, 0.1) is 21.7 Å². The van der Waals surface area contributed by atoms with E-state index in [4.69, 9.17) is 14.2 Å². The molecule has 0 aromatic carbocycles. The predicted octanol–water partition coefficient (Wildman–Crippen LogP) is 4.12. The SMILES string of the molecule is CCOC(=O)C1=C(C(=O)OCC)SC(=C2S[C@@H]3[C@H]4CC(OC(C)=O)[C@H](C4)[C@@H]3S2)S1. The number of ether oxygens (including phenoxy) is 3. The van der Waals surface area contributed by atoms with Gasteiger partial charge in [-0.25, -0.2) is 9.59 Å². The van der Waals surface area contributed by atoms with Crippen LogP contribution in [0.4, 0.5) is 0 Å². The van der Waals surface area contributed by atoms with E-state index in [1.54, 1.807) is 25.6 Å². The summed E-state index contributed by atoms with van der Waals surface area (Å²) in [6.45, 7) is 5.47. The fourth-order valence-corrected chi connectivity index (χ4v) is 10.9. The summed E-state index contributed by atoms with van der Waals surface area (Å²) in [6.07, 6.45) is 2.06. The van der Waals surface area contributed by atoms with Crippen LogP contribution in [0.3, 0.4) is 0 Å². The van der Waals surface area contributed by atoms with E-state index >= 15 is 0 Å². The molecule has 1 saturated heterocycles. The molecule has 3 fully saturated rings. The fourth-order valence-electron chi connectivity index (χ4n) is 4.28. The van der Waals surface area contributed by atoms with Gasteiger partial charge in [-0.15, -0.1) is 23.5 Å². The zero-order valence-corrected chi connectivity index (χ0v) is 19.6.